The summed E-state index contributed by atoms with van der Waals surface area (Å²) < 4.78 is 4.93. The Bertz CT molecular complexity index is 511. The van der Waals surface area contributed by atoms with Crippen LogP contribution in [0, 0.1) is 0 Å². The van der Waals surface area contributed by atoms with Gasteiger partial charge in [-0.15, -0.1) is 0 Å². The number of rotatable bonds is 4. The third kappa shape index (κ3) is 2.49. The lowest BCUT2D eigenvalue weighted by atomic mass is 9.97. The van der Waals surface area contributed by atoms with Crippen LogP contribution in [0.5, 0.6) is 6.01 Å². The van der Waals surface area contributed by atoms with Crippen LogP contribution in [0.2, 0.25) is 0 Å². The van der Waals surface area contributed by atoms with Crippen LogP contribution in [0.3, 0.4) is 0 Å². The van der Waals surface area contributed by atoms with Gasteiger partial charge in [0.15, 0.2) is 0 Å². The summed E-state index contributed by atoms with van der Waals surface area (Å²) in [7, 11) is 1.53. The lowest BCUT2D eigenvalue weighted by molar-refractivity contribution is 0.174. The maximum atomic E-state index is 10.0. The predicted molar refractivity (Wildman–Crippen MR) is 69.3 cm³/mol. The molecule has 18 heavy (non-hydrogen) atoms. The zero-order valence-corrected chi connectivity index (χ0v) is 10.5. The molecule has 2 aromatic rings. The predicted octanol–water partition coefficient (Wildman–Crippen LogP) is 2.60. The summed E-state index contributed by atoms with van der Waals surface area (Å²) in [4.78, 5) is 8.17. The number of methoxy groups -OCH3 is 1. The zero-order chi connectivity index (χ0) is 13.0. The molecule has 0 saturated carbocycles. The van der Waals surface area contributed by atoms with Gasteiger partial charge in [-0.2, -0.15) is 0 Å². The Morgan fingerprint density at radius 1 is 1.22 bits per heavy atom. The average molecular weight is 244 g/mol. The standard InChI is InChI=1S/C14H16N2O2/c1-3-13(17)12-7-5-4-6-11(12)10-8-15-14(18-2)16-9-10/h4-9,13,17H,3H2,1-2H3. The summed E-state index contributed by atoms with van der Waals surface area (Å²) in [6.45, 7) is 1.95. The molecule has 4 heteroatoms. The molecule has 0 fully saturated rings. The van der Waals surface area contributed by atoms with E-state index in [2.05, 4.69) is 9.97 Å². The molecule has 2 rings (SSSR count). The summed E-state index contributed by atoms with van der Waals surface area (Å²) in [5.74, 6) is 0. The normalized spacial score (nSPS) is 12.2. The van der Waals surface area contributed by atoms with Crippen LogP contribution in [0.15, 0.2) is 36.7 Å². The molecule has 0 aliphatic rings. The molecule has 0 radical (unpaired) electrons. The first kappa shape index (κ1) is 12.5. The number of benzene rings is 1. The number of aliphatic hydroxyl groups excluding tert-OH is 1. The second-order valence-electron chi connectivity index (χ2n) is 3.97. The van der Waals surface area contributed by atoms with Gasteiger partial charge in [-0.3, -0.25) is 0 Å². The highest BCUT2D eigenvalue weighted by molar-refractivity contribution is 5.66. The largest absolute Gasteiger partial charge is 0.467 e. The van der Waals surface area contributed by atoms with Crippen molar-refractivity contribution in [2.75, 3.05) is 7.11 Å². The van der Waals surface area contributed by atoms with Gasteiger partial charge in [-0.1, -0.05) is 31.2 Å². The molecule has 0 aliphatic heterocycles. The smallest absolute Gasteiger partial charge is 0.316 e. The highest BCUT2D eigenvalue weighted by Gasteiger charge is 2.12. The summed E-state index contributed by atoms with van der Waals surface area (Å²) in [6.07, 6.45) is 3.61. The topological polar surface area (TPSA) is 55.2 Å². The van der Waals surface area contributed by atoms with Gasteiger partial charge in [0, 0.05) is 18.0 Å². The Hall–Kier alpha value is -1.94. The van der Waals surface area contributed by atoms with Crippen LogP contribution < -0.4 is 4.74 Å². The monoisotopic (exact) mass is 244 g/mol. The molecule has 4 nitrogen and oxygen atoms in total. The number of hydrogen-bond acceptors (Lipinski definition) is 4. The van der Waals surface area contributed by atoms with Crippen molar-refractivity contribution in [1.29, 1.82) is 0 Å². The number of ether oxygens (including phenoxy) is 1. The molecular weight excluding hydrogens is 228 g/mol. The molecule has 1 heterocycles. The van der Waals surface area contributed by atoms with E-state index < -0.39 is 6.10 Å². The first-order chi connectivity index (χ1) is 8.76. The Morgan fingerprint density at radius 2 is 1.89 bits per heavy atom. The fourth-order valence-corrected chi connectivity index (χ4v) is 1.83. The molecule has 1 atom stereocenters. The molecule has 0 spiro atoms. The van der Waals surface area contributed by atoms with Gasteiger partial charge in [0.1, 0.15) is 0 Å². The molecule has 1 N–H and O–H groups in total. The van der Waals surface area contributed by atoms with Crippen molar-refractivity contribution in [2.45, 2.75) is 19.4 Å². The maximum Gasteiger partial charge on any atom is 0.316 e. The number of aliphatic hydroxyl groups is 1. The maximum absolute atomic E-state index is 10.0. The molecular formula is C14H16N2O2. The zero-order valence-electron chi connectivity index (χ0n) is 10.5. The minimum absolute atomic E-state index is 0.340. The Balaban J connectivity index is 2.43. The highest BCUT2D eigenvalue weighted by atomic mass is 16.5. The first-order valence-electron chi connectivity index (χ1n) is 5.89. The molecule has 0 amide bonds. The quantitative estimate of drug-likeness (QED) is 0.898. The van der Waals surface area contributed by atoms with Gasteiger partial charge in [-0.05, 0) is 17.5 Å². The molecule has 0 saturated heterocycles. The van der Waals surface area contributed by atoms with Crippen LogP contribution in [-0.2, 0) is 0 Å². The minimum atomic E-state index is -0.469. The van der Waals surface area contributed by atoms with E-state index in [4.69, 9.17) is 4.74 Å². The average Bonchev–Trinajstić information content (AvgIpc) is 2.46. The fourth-order valence-electron chi connectivity index (χ4n) is 1.83. The third-order valence-electron chi connectivity index (χ3n) is 2.83. The fraction of sp³-hybridized carbons (Fsp3) is 0.286. The van der Waals surface area contributed by atoms with E-state index in [1.165, 1.54) is 7.11 Å². The van der Waals surface area contributed by atoms with Gasteiger partial charge in [-0.25, -0.2) is 9.97 Å². The van der Waals surface area contributed by atoms with E-state index in [1.54, 1.807) is 12.4 Å². The Morgan fingerprint density at radius 3 is 2.50 bits per heavy atom. The second-order valence-corrected chi connectivity index (χ2v) is 3.97. The third-order valence-corrected chi connectivity index (χ3v) is 2.83. The van der Waals surface area contributed by atoms with E-state index >= 15 is 0 Å². The van der Waals surface area contributed by atoms with E-state index in [9.17, 15) is 5.11 Å². The summed E-state index contributed by atoms with van der Waals surface area (Å²) in [5.41, 5.74) is 2.72. The molecule has 0 bridgehead atoms. The SMILES string of the molecule is CCC(O)c1ccccc1-c1cnc(OC)nc1. The number of hydrogen-bond donors (Lipinski definition) is 1. The van der Waals surface area contributed by atoms with Crippen LogP contribution in [0.25, 0.3) is 11.1 Å². The molecule has 0 aliphatic carbocycles. The van der Waals surface area contributed by atoms with Crippen LogP contribution in [-0.4, -0.2) is 22.2 Å². The highest BCUT2D eigenvalue weighted by Crippen LogP contribution is 2.29. The number of aromatic nitrogens is 2. The van der Waals surface area contributed by atoms with E-state index in [1.807, 2.05) is 31.2 Å². The van der Waals surface area contributed by atoms with Crippen molar-refractivity contribution < 1.29 is 9.84 Å². The molecule has 1 aromatic carbocycles. The van der Waals surface area contributed by atoms with Crippen molar-refractivity contribution in [3.05, 3.63) is 42.2 Å². The first-order valence-corrected chi connectivity index (χ1v) is 5.89. The van der Waals surface area contributed by atoms with Gasteiger partial charge < -0.3 is 9.84 Å². The van der Waals surface area contributed by atoms with Crippen LogP contribution in [0.4, 0.5) is 0 Å². The molecule has 94 valence electrons. The van der Waals surface area contributed by atoms with Crippen molar-refractivity contribution in [2.24, 2.45) is 0 Å². The van der Waals surface area contributed by atoms with Gasteiger partial charge in [0.05, 0.1) is 13.2 Å². The lowest BCUT2D eigenvalue weighted by Gasteiger charge is -2.13. The summed E-state index contributed by atoms with van der Waals surface area (Å²) in [5, 5.41) is 10.0. The molecule has 1 unspecified atom stereocenters. The lowest BCUT2D eigenvalue weighted by Crippen LogP contribution is -1.99. The minimum Gasteiger partial charge on any atom is -0.467 e. The van der Waals surface area contributed by atoms with E-state index in [-0.39, 0.29) is 0 Å². The van der Waals surface area contributed by atoms with Crippen molar-refractivity contribution >= 4 is 0 Å². The van der Waals surface area contributed by atoms with Crippen molar-refractivity contribution in [3.63, 3.8) is 0 Å². The van der Waals surface area contributed by atoms with Crippen molar-refractivity contribution in [3.8, 4) is 17.1 Å². The van der Waals surface area contributed by atoms with E-state index in [0.29, 0.717) is 12.4 Å². The van der Waals surface area contributed by atoms with Gasteiger partial charge in [0.25, 0.3) is 0 Å². The van der Waals surface area contributed by atoms with Crippen LogP contribution in [0.1, 0.15) is 25.0 Å². The van der Waals surface area contributed by atoms with E-state index in [0.717, 1.165) is 16.7 Å². The van der Waals surface area contributed by atoms with Crippen molar-refractivity contribution in [1.82, 2.24) is 9.97 Å². The van der Waals surface area contributed by atoms with Crippen LogP contribution >= 0.6 is 0 Å². The Kier molecular flexibility index (Phi) is 3.89. The van der Waals surface area contributed by atoms with Gasteiger partial charge in [0.2, 0.25) is 0 Å². The summed E-state index contributed by atoms with van der Waals surface area (Å²) >= 11 is 0. The second kappa shape index (κ2) is 5.60. The summed E-state index contributed by atoms with van der Waals surface area (Å²) in [6, 6.07) is 8.08. The number of nitrogens with zero attached hydrogens (tertiary/aromatic N) is 2. The Labute approximate surface area is 106 Å². The molecule has 1 aromatic heterocycles. The van der Waals surface area contributed by atoms with Gasteiger partial charge >= 0.3 is 6.01 Å².